The standard InChI is InChI=1S/C12H20N2/c1-3-5-6-11-7-12(9-13-4-2)10-14-8-11/h7-8,10,13H,3-6,9H2,1-2H3. The smallest absolute Gasteiger partial charge is 0.0313 e. The highest BCUT2D eigenvalue weighted by Crippen LogP contribution is 2.06. The Bertz CT molecular complexity index is 235. The van der Waals surface area contributed by atoms with Crippen molar-refractivity contribution in [3.63, 3.8) is 0 Å². The minimum Gasteiger partial charge on any atom is -0.313 e. The lowest BCUT2D eigenvalue weighted by atomic mass is 10.1. The molecule has 0 spiro atoms. The first-order valence-corrected chi connectivity index (χ1v) is 5.50. The summed E-state index contributed by atoms with van der Waals surface area (Å²) in [4.78, 5) is 4.25. The molecule has 1 aromatic heterocycles. The van der Waals surface area contributed by atoms with Crippen LogP contribution in [0.4, 0.5) is 0 Å². The number of rotatable bonds is 6. The maximum absolute atomic E-state index is 4.25. The van der Waals surface area contributed by atoms with Crippen LogP contribution in [0.3, 0.4) is 0 Å². The van der Waals surface area contributed by atoms with Gasteiger partial charge in [-0.1, -0.05) is 26.3 Å². The van der Waals surface area contributed by atoms with Crippen molar-refractivity contribution in [3.8, 4) is 0 Å². The molecule has 1 heterocycles. The van der Waals surface area contributed by atoms with Gasteiger partial charge in [0.1, 0.15) is 0 Å². The van der Waals surface area contributed by atoms with E-state index < -0.39 is 0 Å². The average molecular weight is 192 g/mol. The number of aryl methyl sites for hydroxylation is 1. The SMILES string of the molecule is CCCCc1cncc(CNCC)c1. The number of aromatic nitrogens is 1. The largest absolute Gasteiger partial charge is 0.313 e. The number of nitrogens with zero attached hydrogens (tertiary/aromatic N) is 1. The second-order valence-electron chi connectivity index (χ2n) is 3.59. The summed E-state index contributed by atoms with van der Waals surface area (Å²) >= 11 is 0. The molecule has 0 aliphatic carbocycles. The van der Waals surface area contributed by atoms with Gasteiger partial charge in [0, 0.05) is 18.9 Å². The molecule has 0 amide bonds. The fraction of sp³-hybridized carbons (Fsp3) is 0.583. The Balaban J connectivity index is 2.50. The lowest BCUT2D eigenvalue weighted by molar-refractivity contribution is 0.720. The van der Waals surface area contributed by atoms with E-state index in [4.69, 9.17) is 0 Å². The first-order chi connectivity index (χ1) is 6.86. The zero-order valence-electron chi connectivity index (χ0n) is 9.21. The summed E-state index contributed by atoms with van der Waals surface area (Å²) in [5.41, 5.74) is 2.66. The van der Waals surface area contributed by atoms with E-state index in [9.17, 15) is 0 Å². The fourth-order valence-electron chi connectivity index (χ4n) is 1.43. The molecule has 0 aliphatic heterocycles. The summed E-state index contributed by atoms with van der Waals surface area (Å²) in [6, 6.07) is 2.26. The second kappa shape index (κ2) is 6.55. The molecule has 0 unspecified atom stereocenters. The minimum atomic E-state index is 0.934. The molecule has 1 aromatic rings. The Labute approximate surface area is 86.8 Å². The topological polar surface area (TPSA) is 24.9 Å². The Morgan fingerprint density at radius 3 is 2.71 bits per heavy atom. The van der Waals surface area contributed by atoms with E-state index in [0.29, 0.717) is 0 Å². The molecule has 0 aliphatic rings. The highest BCUT2D eigenvalue weighted by molar-refractivity contribution is 5.18. The maximum atomic E-state index is 4.25. The van der Waals surface area contributed by atoms with Crippen LogP contribution in [0.25, 0.3) is 0 Å². The maximum Gasteiger partial charge on any atom is 0.0313 e. The molecule has 0 aromatic carbocycles. The van der Waals surface area contributed by atoms with Gasteiger partial charge < -0.3 is 5.32 Å². The van der Waals surface area contributed by atoms with Crippen LogP contribution >= 0.6 is 0 Å². The van der Waals surface area contributed by atoms with Crippen molar-refractivity contribution in [2.24, 2.45) is 0 Å². The van der Waals surface area contributed by atoms with Gasteiger partial charge in [-0.2, -0.15) is 0 Å². The summed E-state index contributed by atoms with van der Waals surface area (Å²) in [5, 5.41) is 3.31. The highest BCUT2D eigenvalue weighted by atomic mass is 14.8. The zero-order chi connectivity index (χ0) is 10.2. The van der Waals surface area contributed by atoms with Crippen molar-refractivity contribution in [1.82, 2.24) is 10.3 Å². The van der Waals surface area contributed by atoms with Gasteiger partial charge in [-0.15, -0.1) is 0 Å². The van der Waals surface area contributed by atoms with Crippen molar-refractivity contribution in [2.75, 3.05) is 6.54 Å². The van der Waals surface area contributed by atoms with Crippen molar-refractivity contribution in [2.45, 2.75) is 39.7 Å². The molecule has 0 fully saturated rings. The fourth-order valence-corrected chi connectivity index (χ4v) is 1.43. The molecule has 1 rings (SSSR count). The van der Waals surface area contributed by atoms with E-state index in [-0.39, 0.29) is 0 Å². The average Bonchev–Trinajstić information content (AvgIpc) is 2.24. The molecule has 0 saturated carbocycles. The van der Waals surface area contributed by atoms with Crippen LogP contribution in [0.1, 0.15) is 37.8 Å². The van der Waals surface area contributed by atoms with Gasteiger partial charge in [-0.25, -0.2) is 0 Å². The van der Waals surface area contributed by atoms with Crippen molar-refractivity contribution < 1.29 is 0 Å². The number of hydrogen-bond acceptors (Lipinski definition) is 2. The number of nitrogens with one attached hydrogen (secondary N) is 1. The van der Waals surface area contributed by atoms with Crippen molar-refractivity contribution in [1.29, 1.82) is 0 Å². The molecule has 0 atom stereocenters. The van der Waals surface area contributed by atoms with Crippen LogP contribution in [-0.4, -0.2) is 11.5 Å². The van der Waals surface area contributed by atoms with Gasteiger partial charge in [-0.05, 0) is 30.5 Å². The molecule has 78 valence electrons. The van der Waals surface area contributed by atoms with E-state index in [0.717, 1.165) is 19.5 Å². The molecule has 14 heavy (non-hydrogen) atoms. The minimum absolute atomic E-state index is 0.934. The molecular formula is C12H20N2. The summed E-state index contributed by atoms with van der Waals surface area (Å²) in [5.74, 6) is 0. The van der Waals surface area contributed by atoms with Crippen LogP contribution in [-0.2, 0) is 13.0 Å². The van der Waals surface area contributed by atoms with Gasteiger partial charge in [0.2, 0.25) is 0 Å². The predicted molar refractivity (Wildman–Crippen MR) is 60.2 cm³/mol. The Morgan fingerprint density at radius 1 is 1.21 bits per heavy atom. The summed E-state index contributed by atoms with van der Waals surface area (Å²) in [7, 11) is 0. The van der Waals surface area contributed by atoms with Crippen LogP contribution in [0.5, 0.6) is 0 Å². The first-order valence-electron chi connectivity index (χ1n) is 5.50. The van der Waals surface area contributed by atoms with Crippen LogP contribution in [0.2, 0.25) is 0 Å². The molecule has 0 radical (unpaired) electrons. The first kappa shape index (κ1) is 11.2. The van der Waals surface area contributed by atoms with Crippen LogP contribution in [0.15, 0.2) is 18.5 Å². The molecular weight excluding hydrogens is 172 g/mol. The third kappa shape index (κ3) is 3.88. The Morgan fingerprint density at radius 2 is 2.00 bits per heavy atom. The van der Waals surface area contributed by atoms with Gasteiger partial charge in [-0.3, -0.25) is 4.98 Å². The monoisotopic (exact) mass is 192 g/mol. The predicted octanol–water partition coefficient (Wildman–Crippen LogP) is 2.53. The van der Waals surface area contributed by atoms with E-state index in [1.54, 1.807) is 0 Å². The summed E-state index contributed by atoms with van der Waals surface area (Å²) < 4.78 is 0. The lowest BCUT2D eigenvalue weighted by Gasteiger charge is -2.04. The third-order valence-electron chi connectivity index (χ3n) is 2.25. The quantitative estimate of drug-likeness (QED) is 0.749. The van der Waals surface area contributed by atoms with Gasteiger partial charge in [0.05, 0.1) is 0 Å². The van der Waals surface area contributed by atoms with E-state index in [2.05, 4.69) is 30.2 Å². The van der Waals surface area contributed by atoms with E-state index >= 15 is 0 Å². The van der Waals surface area contributed by atoms with E-state index in [1.807, 2.05) is 12.4 Å². The third-order valence-corrected chi connectivity index (χ3v) is 2.25. The Hall–Kier alpha value is -0.890. The van der Waals surface area contributed by atoms with E-state index in [1.165, 1.54) is 24.0 Å². The van der Waals surface area contributed by atoms with Gasteiger partial charge >= 0.3 is 0 Å². The molecule has 2 nitrogen and oxygen atoms in total. The Kier molecular flexibility index (Phi) is 5.23. The molecule has 2 heteroatoms. The molecule has 0 bridgehead atoms. The lowest BCUT2D eigenvalue weighted by Crippen LogP contribution is -2.12. The number of unbranched alkanes of at least 4 members (excludes halogenated alkanes) is 1. The molecule has 0 saturated heterocycles. The van der Waals surface area contributed by atoms with Gasteiger partial charge in [0.15, 0.2) is 0 Å². The van der Waals surface area contributed by atoms with Crippen LogP contribution in [0, 0.1) is 0 Å². The number of pyridine rings is 1. The van der Waals surface area contributed by atoms with Crippen molar-refractivity contribution in [3.05, 3.63) is 29.6 Å². The molecule has 1 N–H and O–H groups in total. The summed E-state index contributed by atoms with van der Waals surface area (Å²) in [6.07, 6.45) is 7.58. The summed E-state index contributed by atoms with van der Waals surface area (Å²) in [6.45, 7) is 6.28. The van der Waals surface area contributed by atoms with Crippen molar-refractivity contribution >= 4 is 0 Å². The van der Waals surface area contributed by atoms with Gasteiger partial charge in [0.25, 0.3) is 0 Å². The highest BCUT2D eigenvalue weighted by Gasteiger charge is 1.96. The second-order valence-corrected chi connectivity index (χ2v) is 3.59. The zero-order valence-corrected chi connectivity index (χ0v) is 9.21. The van der Waals surface area contributed by atoms with Crippen LogP contribution < -0.4 is 5.32 Å². The normalized spacial score (nSPS) is 10.4. The number of hydrogen-bond donors (Lipinski definition) is 1.